The van der Waals surface area contributed by atoms with E-state index in [1.807, 2.05) is 25.1 Å². The van der Waals surface area contributed by atoms with E-state index in [-0.39, 0.29) is 23.0 Å². The first-order valence-electron chi connectivity index (χ1n) is 10.3. The van der Waals surface area contributed by atoms with Crippen molar-refractivity contribution in [1.82, 2.24) is 4.31 Å². The number of nitrogens with zero attached hydrogens (tertiary/aromatic N) is 1. The summed E-state index contributed by atoms with van der Waals surface area (Å²) in [5.41, 5.74) is 3.01. The van der Waals surface area contributed by atoms with E-state index < -0.39 is 10.0 Å². The Balaban J connectivity index is 1.55. The molecule has 1 aromatic heterocycles. The predicted octanol–water partition coefficient (Wildman–Crippen LogP) is 4.11. The number of nitrogens with one attached hydrogen (secondary N) is 1. The van der Waals surface area contributed by atoms with E-state index in [1.165, 1.54) is 17.5 Å². The van der Waals surface area contributed by atoms with Crippen molar-refractivity contribution in [3.8, 4) is 5.75 Å². The van der Waals surface area contributed by atoms with E-state index in [0.29, 0.717) is 18.8 Å². The van der Waals surface area contributed by atoms with Crippen LogP contribution in [0.1, 0.15) is 30.4 Å². The maximum absolute atomic E-state index is 13.2. The third-order valence-corrected chi connectivity index (χ3v) is 7.46. The van der Waals surface area contributed by atoms with Crippen LogP contribution in [0, 0.1) is 6.92 Å². The fraction of sp³-hybridized carbons (Fsp3) is 0.348. The maximum atomic E-state index is 13.2. The zero-order valence-corrected chi connectivity index (χ0v) is 18.5. The number of methoxy groups -OCH3 is 1. The average Bonchev–Trinajstić information content (AvgIpc) is 3.15. The zero-order valence-electron chi connectivity index (χ0n) is 17.7. The fourth-order valence-electron chi connectivity index (χ4n) is 3.91. The smallest absolute Gasteiger partial charge is 0.246 e. The maximum Gasteiger partial charge on any atom is 0.246 e. The van der Waals surface area contributed by atoms with Crippen LogP contribution in [-0.4, -0.2) is 38.8 Å². The van der Waals surface area contributed by atoms with Crippen LogP contribution < -0.4 is 10.1 Å². The molecule has 1 aliphatic rings. The fourth-order valence-corrected chi connectivity index (χ4v) is 5.60. The number of aryl methyl sites for hydroxylation is 1. The van der Waals surface area contributed by atoms with Crippen molar-refractivity contribution >= 4 is 32.6 Å². The van der Waals surface area contributed by atoms with Gasteiger partial charge in [0.15, 0.2) is 0 Å². The predicted molar refractivity (Wildman–Crippen MR) is 119 cm³/mol. The number of fused-ring (bicyclic) bond motifs is 1. The van der Waals surface area contributed by atoms with Gasteiger partial charge in [-0.25, -0.2) is 8.42 Å². The standard InChI is InChI=1S/C23H26N2O5S/c1-16-6-8-19-17(15-30-21(19)12-16)13-23(26)24-18-7-9-20(29-2)22(14-18)31(27,28)25-10-4-3-5-11-25/h6-9,12,14-15H,3-5,10-11,13H2,1-2H3,(H,24,26). The molecule has 2 heterocycles. The number of amides is 1. The van der Waals surface area contributed by atoms with Gasteiger partial charge in [-0.2, -0.15) is 4.31 Å². The van der Waals surface area contributed by atoms with Crippen molar-refractivity contribution in [2.75, 3.05) is 25.5 Å². The van der Waals surface area contributed by atoms with Gasteiger partial charge in [0.1, 0.15) is 16.2 Å². The monoisotopic (exact) mass is 442 g/mol. The van der Waals surface area contributed by atoms with E-state index in [1.54, 1.807) is 18.4 Å². The summed E-state index contributed by atoms with van der Waals surface area (Å²) < 4.78 is 38.7. The second kappa shape index (κ2) is 8.72. The van der Waals surface area contributed by atoms with Gasteiger partial charge in [-0.05, 0) is 49.6 Å². The van der Waals surface area contributed by atoms with Crippen LogP contribution in [0.5, 0.6) is 5.75 Å². The second-order valence-electron chi connectivity index (χ2n) is 7.82. The second-order valence-corrected chi connectivity index (χ2v) is 9.72. The summed E-state index contributed by atoms with van der Waals surface area (Å²) >= 11 is 0. The van der Waals surface area contributed by atoms with E-state index in [4.69, 9.17) is 9.15 Å². The topological polar surface area (TPSA) is 88.8 Å². The van der Waals surface area contributed by atoms with Crippen LogP contribution in [0.25, 0.3) is 11.0 Å². The summed E-state index contributed by atoms with van der Waals surface area (Å²) in [6, 6.07) is 10.5. The summed E-state index contributed by atoms with van der Waals surface area (Å²) in [5.74, 6) is 0.00883. The Morgan fingerprint density at radius 2 is 1.90 bits per heavy atom. The van der Waals surface area contributed by atoms with E-state index >= 15 is 0 Å². The number of benzene rings is 2. The van der Waals surface area contributed by atoms with Crippen molar-refractivity contribution in [3.05, 3.63) is 53.8 Å². The Bertz CT molecular complexity index is 1210. The van der Waals surface area contributed by atoms with Gasteiger partial charge < -0.3 is 14.5 Å². The molecule has 1 fully saturated rings. The minimum absolute atomic E-state index is 0.0685. The van der Waals surface area contributed by atoms with Crippen LogP contribution in [0.3, 0.4) is 0 Å². The number of sulfonamides is 1. The molecule has 0 spiro atoms. The molecule has 1 N–H and O–H groups in total. The number of hydrogen-bond donors (Lipinski definition) is 1. The summed E-state index contributed by atoms with van der Waals surface area (Å²) in [5, 5.41) is 3.70. The molecular formula is C23H26N2O5S. The van der Waals surface area contributed by atoms with Gasteiger partial charge in [0.25, 0.3) is 0 Å². The van der Waals surface area contributed by atoms with Crippen LogP contribution in [-0.2, 0) is 21.2 Å². The van der Waals surface area contributed by atoms with Gasteiger partial charge in [0.2, 0.25) is 15.9 Å². The average molecular weight is 443 g/mol. The van der Waals surface area contributed by atoms with Gasteiger partial charge in [0.05, 0.1) is 19.8 Å². The van der Waals surface area contributed by atoms with Crippen molar-refractivity contribution in [2.45, 2.75) is 37.5 Å². The molecule has 8 heteroatoms. The van der Waals surface area contributed by atoms with Crippen molar-refractivity contribution < 1.29 is 22.4 Å². The molecular weight excluding hydrogens is 416 g/mol. The molecule has 0 atom stereocenters. The summed E-state index contributed by atoms with van der Waals surface area (Å²) in [7, 11) is -2.26. The number of carbonyl (C=O) groups is 1. The van der Waals surface area contributed by atoms with Crippen molar-refractivity contribution in [2.24, 2.45) is 0 Å². The number of piperidine rings is 1. The first kappa shape index (κ1) is 21.4. The SMILES string of the molecule is COc1ccc(NC(=O)Cc2coc3cc(C)ccc23)cc1S(=O)(=O)N1CCCCC1. The normalized spacial score (nSPS) is 15.2. The lowest BCUT2D eigenvalue weighted by atomic mass is 10.1. The van der Waals surface area contributed by atoms with E-state index in [0.717, 1.165) is 41.4 Å². The van der Waals surface area contributed by atoms with Gasteiger partial charge in [-0.3, -0.25) is 4.79 Å². The Morgan fingerprint density at radius 3 is 2.65 bits per heavy atom. The largest absolute Gasteiger partial charge is 0.495 e. The molecule has 1 aliphatic heterocycles. The number of hydrogen-bond acceptors (Lipinski definition) is 5. The Morgan fingerprint density at radius 1 is 1.13 bits per heavy atom. The molecule has 4 rings (SSSR count). The Labute approximate surface area is 182 Å². The lowest BCUT2D eigenvalue weighted by Gasteiger charge is -2.26. The quantitative estimate of drug-likeness (QED) is 0.621. The molecule has 0 saturated carbocycles. The van der Waals surface area contributed by atoms with E-state index in [2.05, 4.69) is 5.32 Å². The lowest BCUT2D eigenvalue weighted by Crippen LogP contribution is -2.35. The molecule has 1 saturated heterocycles. The minimum atomic E-state index is -3.70. The highest BCUT2D eigenvalue weighted by Crippen LogP contribution is 2.31. The van der Waals surface area contributed by atoms with Gasteiger partial charge in [-0.15, -0.1) is 0 Å². The molecule has 3 aromatic rings. The van der Waals surface area contributed by atoms with Crippen LogP contribution >= 0.6 is 0 Å². The third-order valence-electron chi connectivity index (χ3n) is 5.54. The van der Waals surface area contributed by atoms with Crippen LogP contribution in [0.15, 0.2) is 52.0 Å². The summed E-state index contributed by atoms with van der Waals surface area (Å²) in [6.07, 6.45) is 4.42. The van der Waals surface area contributed by atoms with Crippen LogP contribution in [0.4, 0.5) is 5.69 Å². The Kier molecular flexibility index (Phi) is 6.02. The summed E-state index contributed by atoms with van der Waals surface area (Å²) in [6.45, 7) is 2.97. The summed E-state index contributed by atoms with van der Waals surface area (Å²) in [4.78, 5) is 12.7. The number of anilines is 1. The van der Waals surface area contributed by atoms with Gasteiger partial charge in [-0.1, -0.05) is 18.6 Å². The van der Waals surface area contributed by atoms with Gasteiger partial charge in [0, 0.05) is 29.7 Å². The highest BCUT2D eigenvalue weighted by atomic mass is 32.2. The Hall–Kier alpha value is -2.84. The van der Waals surface area contributed by atoms with Crippen molar-refractivity contribution in [1.29, 1.82) is 0 Å². The molecule has 31 heavy (non-hydrogen) atoms. The van der Waals surface area contributed by atoms with Crippen molar-refractivity contribution in [3.63, 3.8) is 0 Å². The first-order valence-corrected chi connectivity index (χ1v) is 11.8. The lowest BCUT2D eigenvalue weighted by molar-refractivity contribution is -0.115. The number of furan rings is 1. The minimum Gasteiger partial charge on any atom is -0.495 e. The van der Waals surface area contributed by atoms with Gasteiger partial charge >= 0.3 is 0 Å². The molecule has 0 aliphatic carbocycles. The van der Waals surface area contributed by atoms with Crippen LogP contribution in [0.2, 0.25) is 0 Å². The zero-order chi connectivity index (χ0) is 22.0. The number of carbonyl (C=O) groups excluding carboxylic acids is 1. The molecule has 7 nitrogen and oxygen atoms in total. The molecule has 1 amide bonds. The molecule has 0 bridgehead atoms. The molecule has 2 aromatic carbocycles. The molecule has 164 valence electrons. The molecule has 0 radical (unpaired) electrons. The first-order chi connectivity index (χ1) is 14.9. The number of rotatable bonds is 6. The highest BCUT2D eigenvalue weighted by Gasteiger charge is 2.29. The van der Waals surface area contributed by atoms with E-state index in [9.17, 15) is 13.2 Å². The number of ether oxygens (including phenoxy) is 1. The third kappa shape index (κ3) is 4.45. The molecule has 0 unspecified atom stereocenters. The highest BCUT2D eigenvalue weighted by molar-refractivity contribution is 7.89.